The lowest BCUT2D eigenvalue weighted by atomic mass is 10.1. The zero-order valence-corrected chi connectivity index (χ0v) is 23.2. The fourth-order valence-electron chi connectivity index (χ4n) is 5.20. The third-order valence-electron chi connectivity index (χ3n) is 7.61. The standard InChI is InChI=1S/C29H28ClF2N7O2/c1-18-14-38(29-23(31)4-5-28(36-29)41-17-19-2-3-20(30)10-24(19)32)8-7-37(18)16-27-35-25-11-21(12-33)34-13-26(25)39(27)15-22-6-9-40-22/h2-5,10-11,13,18,22H,6-9,14-17H2,1H3. The second kappa shape index (κ2) is 11.6. The first-order chi connectivity index (χ1) is 19.9. The summed E-state index contributed by atoms with van der Waals surface area (Å²) >= 11 is 5.82. The first-order valence-electron chi connectivity index (χ1n) is 13.5. The Kier molecular flexibility index (Phi) is 7.71. The quantitative estimate of drug-likeness (QED) is 0.296. The summed E-state index contributed by atoms with van der Waals surface area (Å²) in [6.45, 7) is 5.82. The molecule has 1 aromatic carbocycles. The SMILES string of the molecule is CC1CN(c2nc(OCc3ccc(Cl)cc3F)ccc2F)CCN1Cc1nc2cc(C#N)ncc2n1CC1CCO1. The molecule has 0 aliphatic carbocycles. The number of benzene rings is 1. The van der Waals surface area contributed by atoms with Crippen molar-refractivity contribution in [3.63, 3.8) is 0 Å². The van der Waals surface area contributed by atoms with E-state index in [0.717, 1.165) is 29.9 Å². The van der Waals surface area contributed by atoms with E-state index in [4.69, 9.17) is 26.1 Å². The molecule has 2 aliphatic rings. The maximum atomic E-state index is 14.9. The molecule has 0 N–H and O–H groups in total. The molecule has 0 bridgehead atoms. The molecule has 41 heavy (non-hydrogen) atoms. The average molecular weight is 580 g/mol. The van der Waals surface area contributed by atoms with Crippen LogP contribution < -0.4 is 9.64 Å². The molecule has 2 fully saturated rings. The number of rotatable bonds is 8. The van der Waals surface area contributed by atoms with Gasteiger partial charge < -0.3 is 18.9 Å². The molecule has 212 valence electrons. The van der Waals surface area contributed by atoms with Gasteiger partial charge in [0, 0.05) is 55.0 Å². The highest BCUT2D eigenvalue weighted by Crippen LogP contribution is 2.27. The van der Waals surface area contributed by atoms with Crippen LogP contribution in [0.4, 0.5) is 14.6 Å². The van der Waals surface area contributed by atoms with Crippen molar-refractivity contribution in [2.75, 3.05) is 31.1 Å². The van der Waals surface area contributed by atoms with E-state index in [1.165, 1.54) is 18.2 Å². The van der Waals surface area contributed by atoms with E-state index in [-0.39, 0.29) is 30.5 Å². The van der Waals surface area contributed by atoms with Crippen LogP contribution in [0.25, 0.3) is 11.0 Å². The van der Waals surface area contributed by atoms with Gasteiger partial charge >= 0.3 is 0 Å². The summed E-state index contributed by atoms with van der Waals surface area (Å²) in [7, 11) is 0. The van der Waals surface area contributed by atoms with Gasteiger partial charge in [-0.25, -0.2) is 18.7 Å². The maximum Gasteiger partial charge on any atom is 0.215 e. The minimum atomic E-state index is -0.472. The Labute approximate surface area is 240 Å². The van der Waals surface area contributed by atoms with Crippen LogP contribution in [0.2, 0.25) is 5.02 Å². The van der Waals surface area contributed by atoms with Crippen molar-refractivity contribution in [1.29, 1.82) is 5.26 Å². The van der Waals surface area contributed by atoms with Crippen LogP contribution in [-0.4, -0.2) is 62.8 Å². The van der Waals surface area contributed by atoms with E-state index in [2.05, 4.69) is 32.4 Å². The first-order valence-corrected chi connectivity index (χ1v) is 13.8. The van der Waals surface area contributed by atoms with Crippen LogP contribution in [0.15, 0.2) is 42.6 Å². The van der Waals surface area contributed by atoms with E-state index in [1.54, 1.807) is 24.4 Å². The van der Waals surface area contributed by atoms with E-state index in [0.29, 0.717) is 49.0 Å². The minimum Gasteiger partial charge on any atom is -0.473 e. The first kappa shape index (κ1) is 27.3. The molecule has 2 saturated heterocycles. The number of anilines is 1. The maximum absolute atomic E-state index is 14.9. The normalized spacial score (nSPS) is 19.2. The summed E-state index contributed by atoms with van der Waals surface area (Å²) < 4.78 is 42.5. The van der Waals surface area contributed by atoms with E-state index in [9.17, 15) is 14.0 Å². The molecule has 3 aromatic heterocycles. The number of nitriles is 1. The fraction of sp³-hybridized carbons (Fsp3) is 0.379. The van der Waals surface area contributed by atoms with Gasteiger partial charge in [0.05, 0.1) is 36.4 Å². The molecule has 2 aliphatic heterocycles. The molecule has 0 radical (unpaired) electrons. The highest BCUT2D eigenvalue weighted by Gasteiger charge is 2.29. The van der Waals surface area contributed by atoms with Crippen molar-refractivity contribution < 1.29 is 18.3 Å². The minimum absolute atomic E-state index is 0.0521. The van der Waals surface area contributed by atoms with Gasteiger partial charge in [-0.05, 0) is 31.5 Å². The third-order valence-corrected chi connectivity index (χ3v) is 7.84. The zero-order valence-electron chi connectivity index (χ0n) is 22.4. The van der Waals surface area contributed by atoms with Crippen LogP contribution in [0.5, 0.6) is 5.88 Å². The third kappa shape index (κ3) is 5.81. The number of pyridine rings is 2. The molecule has 9 nitrogen and oxygen atoms in total. The second-order valence-corrected chi connectivity index (χ2v) is 10.8. The molecule has 4 aromatic rings. The van der Waals surface area contributed by atoms with Gasteiger partial charge in [0.2, 0.25) is 5.88 Å². The second-order valence-electron chi connectivity index (χ2n) is 10.3. The summed E-state index contributed by atoms with van der Waals surface area (Å²) in [5, 5.41) is 9.58. The molecule has 6 rings (SSSR count). The Balaban J connectivity index is 1.15. The van der Waals surface area contributed by atoms with E-state index >= 15 is 0 Å². The van der Waals surface area contributed by atoms with Gasteiger partial charge in [-0.2, -0.15) is 10.2 Å². The molecule has 2 unspecified atom stereocenters. The number of hydrogen-bond donors (Lipinski definition) is 0. The fourth-order valence-corrected chi connectivity index (χ4v) is 5.36. The summed E-state index contributed by atoms with van der Waals surface area (Å²) in [6, 6.07) is 11.0. The highest BCUT2D eigenvalue weighted by molar-refractivity contribution is 6.30. The highest BCUT2D eigenvalue weighted by atomic mass is 35.5. The number of aromatic nitrogens is 4. The number of piperazine rings is 1. The van der Waals surface area contributed by atoms with Gasteiger partial charge in [-0.1, -0.05) is 17.7 Å². The predicted octanol–water partition coefficient (Wildman–Crippen LogP) is 4.71. The number of hydrogen-bond acceptors (Lipinski definition) is 8. The molecule has 0 amide bonds. The number of halogens is 3. The summed E-state index contributed by atoms with van der Waals surface area (Å²) in [4.78, 5) is 17.7. The van der Waals surface area contributed by atoms with E-state index in [1.807, 2.05) is 4.90 Å². The summed E-state index contributed by atoms with van der Waals surface area (Å²) in [5.74, 6) is 0.374. The van der Waals surface area contributed by atoms with E-state index < -0.39 is 11.6 Å². The van der Waals surface area contributed by atoms with Crippen molar-refractivity contribution in [2.45, 2.75) is 45.2 Å². The van der Waals surface area contributed by atoms with Gasteiger partial charge in [0.1, 0.15) is 30.0 Å². The van der Waals surface area contributed by atoms with Crippen LogP contribution in [-0.2, 0) is 24.4 Å². The Bertz CT molecular complexity index is 1620. The van der Waals surface area contributed by atoms with Crippen LogP contribution in [0, 0.1) is 23.0 Å². The molecular weight excluding hydrogens is 552 g/mol. The molecule has 0 saturated carbocycles. The van der Waals surface area contributed by atoms with Gasteiger partial charge in [0.15, 0.2) is 11.6 Å². The number of nitrogens with zero attached hydrogens (tertiary/aromatic N) is 7. The monoisotopic (exact) mass is 579 g/mol. The van der Waals surface area contributed by atoms with Gasteiger partial charge in [0.25, 0.3) is 0 Å². The lowest BCUT2D eigenvalue weighted by Gasteiger charge is -2.40. The van der Waals surface area contributed by atoms with Crippen LogP contribution in [0.3, 0.4) is 0 Å². The molecular formula is C29H28ClF2N7O2. The van der Waals surface area contributed by atoms with Crippen molar-refractivity contribution in [3.05, 3.63) is 76.3 Å². The largest absolute Gasteiger partial charge is 0.473 e. The molecule has 12 heteroatoms. The molecule has 2 atom stereocenters. The smallest absolute Gasteiger partial charge is 0.215 e. The lowest BCUT2D eigenvalue weighted by molar-refractivity contribution is -0.0592. The number of imidazole rings is 1. The van der Waals surface area contributed by atoms with Gasteiger partial charge in [-0.15, -0.1) is 0 Å². The lowest BCUT2D eigenvalue weighted by Crippen LogP contribution is -2.52. The Hall–Kier alpha value is -3.85. The Morgan fingerprint density at radius 1 is 1.15 bits per heavy atom. The van der Waals surface area contributed by atoms with Crippen molar-refractivity contribution >= 4 is 28.5 Å². The van der Waals surface area contributed by atoms with Gasteiger partial charge in [-0.3, -0.25) is 4.90 Å². The zero-order chi connectivity index (χ0) is 28.5. The molecule has 0 spiro atoms. The molecule has 5 heterocycles. The summed E-state index contributed by atoms with van der Waals surface area (Å²) in [5.41, 5.74) is 2.27. The Morgan fingerprint density at radius 3 is 2.73 bits per heavy atom. The predicted molar refractivity (Wildman–Crippen MR) is 149 cm³/mol. The van der Waals surface area contributed by atoms with Crippen LogP contribution >= 0.6 is 11.6 Å². The van der Waals surface area contributed by atoms with Crippen LogP contribution in [0.1, 0.15) is 30.4 Å². The van der Waals surface area contributed by atoms with Crippen molar-refractivity contribution in [3.8, 4) is 11.9 Å². The number of fused-ring (bicyclic) bond motifs is 1. The van der Waals surface area contributed by atoms with Crippen molar-refractivity contribution in [2.24, 2.45) is 0 Å². The van der Waals surface area contributed by atoms with Crippen molar-refractivity contribution in [1.82, 2.24) is 24.4 Å². The average Bonchev–Trinajstić information content (AvgIpc) is 3.27. The topological polar surface area (TPSA) is 92.3 Å². The Morgan fingerprint density at radius 2 is 2.00 bits per heavy atom. The summed E-state index contributed by atoms with van der Waals surface area (Å²) in [6.07, 6.45) is 2.83. The number of ether oxygens (including phenoxy) is 2.